The summed E-state index contributed by atoms with van der Waals surface area (Å²) in [5, 5.41) is 13.1. The third-order valence-corrected chi connectivity index (χ3v) is 3.65. The fourth-order valence-electron chi connectivity index (χ4n) is 2.27. The van der Waals surface area contributed by atoms with Gasteiger partial charge in [0.2, 0.25) is 0 Å². The molecule has 0 aromatic heterocycles. The molecule has 0 aliphatic carbocycles. The van der Waals surface area contributed by atoms with Crippen LogP contribution in [-0.2, 0) is 5.41 Å². The predicted octanol–water partition coefficient (Wildman–Crippen LogP) is 4.32. The number of benzene rings is 2. The van der Waals surface area contributed by atoms with Crippen molar-refractivity contribution in [2.45, 2.75) is 19.3 Å². The molecule has 0 fully saturated rings. The molecule has 2 N–H and O–H groups in total. The second-order valence-corrected chi connectivity index (χ2v) is 5.39. The highest BCUT2D eigenvalue weighted by molar-refractivity contribution is 5.59. The first-order chi connectivity index (χ1) is 9.55. The van der Waals surface area contributed by atoms with E-state index in [0.29, 0.717) is 6.54 Å². The maximum absolute atomic E-state index is 9.90. The van der Waals surface area contributed by atoms with Gasteiger partial charge in [0, 0.05) is 12.0 Å². The molecule has 0 atom stereocenters. The summed E-state index contributed by atoms with van der Waals surface area (Å²) in [6, 6.07) is 16.1. The number of hydrogen-bond acceptors (Lipinski definition) is 2. The monoisotopic (exact) mass is 267 g/mol. The summed E-state index contributed by atoms with van der Waals surface area (Å²) in [6.45, 7) is 8.68. The summed E-state index contributed by atoms with van der Waals surface area (Å²) in [7, 11) is 0. The Bertz CT molecular complexity index is 588. The summed E-state index contributed by atoms with van der Waals surface area (Å²) in [5.41, 5.74) is 3.04. The zero-order valence-corrected chi connectivity index (χ0v) is 12.1. The standard InChI is InChI=1S/C18H21NO/c1-4-12-19-16-13-15(10-11-17(16)20)18(2,3)14-8-6-5-7-9-14/h4-11,13,19-20H,1,12H2,2-3H3. The molecular formula is C18H21NO. The van der Waals surface area contributed by atoms with Gasteiger partial charge < -0.3 is 10.4 Å². The number of phenolic OH excluding ortho intramolecular Hbond substituents is 1. The van der Waals surface area contributed by atoms with Gasteiger partial charge in [-0.3, -0.25) is 0 Å². The van der Waals surface area contributed by atoms with Crippen molar-refractivity contribution in [1.29, 1.82) is 0 Å². The minimum Gasteiger partial charge on any atom is -0.506 e. The summed E-state index contributed by atoms with van der Waals surface area (Å²) in [4.78, 5) is 0. The molecule has 2 rings (SSSR count). The predicted molar refractivity (Wildman–Crippen MR) is 85.4 cm³/mol. The van der Waals surface area contributed by atoms with Crippen LogP contribution < -0.4 is 5.32 Å². The van der Waals surface area contributed by atoms with Gasteiger partial charge in [-0.15, -0.1) is 6.58 Å². The molecule has 0 spiro atoms. The van der Waals surface area contributed by atoms with Crippen LogP contribution in [-0.4, -0.2) is 11.7 Å². The molecule has 0 radical (unpaired) electrons. The first kappa shape index (κ1) is 14.2. The van der Waals surface area contributed by atoms with Crippen LogP contribution in [0.25, 0.3) is 0 Å². The van der Waals surface area contributed by atoms with Crippen molar-refractivity contribution < 1.29 is 5.11 Å². The van der Waals surface area contributed by atoms with E-state index in [0.717, 1.165) is 11.3 Å². The Hall–Kier alpha value is -2.22. The third-order valence-electron chi connectivity index (χ3n) is 3.65. The van der Waals surface area contributed by atoms with Gasteiger partial charge in [0.05, 0.1) is 5.69 Å². The van der Waals surface area contributed by atoms with Crippen LogP contribution in [0.1, 0.15) is 25.0 Å². The van der Waals surface area contributed by atoms with Gasteiger partial charge in [-0.05, 0) is 23.3 Å². The van der Waals surface area contributed by atoms with Crippen molar-refractivity contribution >= 4 is 5.69 Å². The van der Waals surface area contributed by atoms with E-state index in [1.54, 1.807) is 12.1 Å². The van der Waals surface area contributed by atoms with Gasteiger partial charge in [-0.25, -0.2) is 0 Å². The lowest BCUT2D eigenvalue weighted by Gasteiger charge is -2.27. The topological polar surface area (TPSA) is 32.3 Å². The number of rotatable bonds is 5. The van der Waals surface area contributed by atoms with Crippen molar-refractivity contribution in [2.24, 2.45) is 0 Å². The van der Waals surface area contributed by atoms with E-state index in [2.05, 4.69) is 37.9 Å². The van der Waals surface area contributed by atoms with E-state index in [9.17, 15) is 5.11 Å². The summed E-state index contributed by atoms with van der Waals surface area (Å²) in [5.74, 6) is 0.263. The maximum atomic E-state index is 9.90. The average Bonchev–Trinajstić information content (AvgIpc) is 2.47. The van der Waals surface area contributed by atoms with E-state index in [4.69, 9.17) is 0 Å². The van der Waals surface area contributed by atoms with Crippen LogP contribution in [0.15, 0.2) is 61.2 Å². The molecule has 0 aliphatic rings. The SMILES string of the molecule is C=CCNc1cc(C(C)(C)c2ccccc2)ccc1O. The zero-order valence-electron chi connectivity index (χ0n) is 12.1. The van der Waals surface area contributed by atoms with Crippen LogP contribution in [0.2, 0.25) is 0 Å². The fourth-order valence-corrected chi connectivity index (χ4v) is 2.27. The van der Waals surface area contributed by atoms with E-state index >= 15 is 0 Å². The Kier molecular flexibility index (Phi) is 4.14. The van der Waals surface area contributed by atoms with Crippen molar-refractivity contribution in [3.05, 3.63) is 72.3 Å². The Labute approximate surface area is 120 Å². The number of hydrogen-bond donors (Lipinski definition) is 2. The highest BCUT2D eigenvalue weighted by Crippen LogP contribution is 2.35. The van der Waals surface area contributed by atoms with Gasteiger partial charge in [0.25, 0.3) is 0 Å². The van der Waals surface area contributed by atoms with Crippen LogP contribution in [0.5, 0.6) is 5.75 Å². The molecule has 2 aromatic rings. The smallest absolute Gasteiger partial charge is 0.138 e. The minimum absolute atomic E-state index is 0.112. The number of anilines is 1. The summed E-state index contributed by atoms with van der Waals surface area (Å²) >= 11 is 0. The molecule has 20 heavy (non-hydrogen) atoms. The fraction of sp³-hybridized carbons (Fsp3) is 0.222. The summed E-state index contributed by atoms with van der Waals surface area (Å²) < 4.78 is 0. The van der Waals surface area contributed by atoms with Crippen LogP contribution >= 0.6 is 0 Å². The van der Waals surface area contributed by atoms with Gasteiger partial charge in [-0.2, -0.15) is 0 Å². The molecule has 0 amide bonds. The minimum atomic E-state index is -0.112. The number of aromatic hydroxyl groups is 1. The van der Waals surface area contributed by atoms with Gasteiger partial charge >= 0.3 is 0 Å². The highest BCUT2D eigenvalue weighted by atomic mass is 16.3. The quantitative estimate of drug-likeness (QED) is 0.624. The van der Waals surface area contributed by atoms with Crippen molar-refractivity contribution in [3.63, 3.8) is 0 Å². The van der Waals surface area contributed by atoms with Crippen molar-refractivity contribution in [1.82, 2.24) is 0 Å². The lowest BCUT2D eigenvalue weighted by atomic mass is 9.78. The Balaban J connectivity index is 2.39. The normalized spacial score (nSPS) is 11.1. The number of nitrogens with one attached hydrogen (secondary N) is 1. The molecule has 0 saturated carbocycles. The van der Waals surface area contributed by atoms with Crippen molar-refractivity contribution in [3.8, 4) is 5.75 Å². The summed E-state index contributed by atoms with van der Waals surface area (Å²) in [6.07, 6.45) is 1.77. The molecule has 2 aromatic carbocycles. The first-order valence-corrected chi connectivity index (χ1v) is 6.79. The van der Waals surface area contributed by atoms with E-state index < -0.39 is 0 Å². The zero-order chi connectivity index (χ0) is 14.6. The molecule has 2 nitrogen and oxygen atoms in total. The van der Waals surface area contributed by atoms with Crippen molar-refractivity contribution in [2.75, 3.05) is 11.9 Å². The van der Waals surface area contributed by atoms with E-state index in [1.807, 2.05) is 30.3 Å². The first-order valence-electron chi connectivity index (χ1n) is 6.79. The molecular weight excluding hydrogens is 246 g/mol. The molecule has 0 heterocycles. The number of phenols is 1. The largest absolute Gasteiger partial charge is 0.506 e. The molecule has 0 bridgehead atoms. The van der Waals surface area contributed by atoms with E-state index in [-0.39, 0.29) is 11.2 Å². The molecule has 0 aliphatic heterocycles. The molecule has 0 saturated heterocycles. The second kappa shape index (κ2) is 5.83. The molecule has 2 heteroatoms. The lowest BCUT2D eigenvalue weighted by molar-refractivity contribution is 0.476. The van der Waals surface area contributed by atoms with Gasteiger partial charge in [-0.1, -0.05) is 56.3 Å². The Morgan fingerprint density at radius 1 is 1.10 bits per heavy atom. The second-order valence-electron chi connectivity index (χ2n) is 5.39. The Morgan fingerprint density at radius 2 is 1.80 bits per heavy atom. The van der Waals surface area contributed by atoms with E-state index in [1.165, 1.54) is 5.56 Å². The molecule has 104 valence electrons. The van der Waals surface area contributed by atoms with Crippen LogP contribution in [0.4, 0.5) is 5.69 Å². The lowest BCUT2D eigenvalue weighted by Crippen LogP contribution is -2.19. The molecule has 0 unspecified atom stereocenters. The van der Waals surface area contributed by atoms with Crippen LogP contribution in [0, 0.1) is 0 Å². The van der Waals surface area contributed by atoms with Gasteiger partial charge in [0.1, 0.15) is 5.75 Å². The highest BCUT2D eigenvalue weighted by Gasteiger charge is 2.23. The maximum Gasteiger partial charge on any atom is 0.138 e. The average molecular weight is 267 g/mol. The van der Waals surface area contributed by atoms with Crippen LogP contribution in [0.3, 0.4) is 0 Å². The third kappa shape index (κ3) is 2.85. The Morgan fingerprint density at radius 3 is 2.45 bits per heavy atom. The van der Waals surface area contributed by atoms with Gasteiger partial charge in [0.15, 0.2) is 0 Å².